The number of ketones is 1. The third kappa shape index (κ3) is 6.85. The van der Waals surface area contributed by atoms with Crippen molar-refractivity contribution in [3.63, 3.8) is 0 Å². The molecule has 20 heavy (non-hydrogen) atoms. The molecule has 0 fully saturated rings. The van der Waals surface area contributed by atoms with Crippen LogP contribution in [0.3, 0.4) is 0 Å². The van der Waals surface area contributed by atoms with Crippen LogP contribution in [0.5, 0.6) is 0 Å². The molecule has 0 saturated heterocycles. The van der Waals surface area contributed by atoms with E-state index in [1.54, 1.807) is 32.9 Å². The number of aryl methyl sites for hydroxylation is 1. The number of carbonyl (C=O) groups excluding carboxylic acids is 1. The first-order chi connectivity index (χ1) is 8.59. The van der Waals surface area contributed by atoms with Crippen molar-refractivity contribution in [3.05, 3.63) is 29.8 Å². The van der Waals surface area contributed by atoms with Crippen molar-refractivity contribution in [1.82, 2.24) is 0 Å². The Balaban J connectivity index is 0. The van der Waals surface area contributed by atoms with Gasteiger partial charge in [0.2, 0.25) is 0 Å². The van der Waals surface area contributed by atoms with Crippen molar-refractivity contribution >= 4 is 15.6 Å². The SMILES string of the molecule is C.CC(=O)C(C)C.Cc1ccc(S(=O)(=O)C(C)C)cc1. The fourth-order valence-electron chi connectivity index (χ4n) is 1.00. The summed E-state index contributed by atoms with van der Waals surface area (Å²) in [7, 11) is -3.09. The maximum atomic E-state index is 11.6. The Morgan fingerprint density at radius 3 is 1.60 bits per heavy atom. The molecular weight excluding hydrogens is 272 g/mol. The van der Waals surface area contributed by atoms with Gasteiger partial charge in [0.1, 0.15) is 5.78 Å². The maximum absolute atomic E-state index is 11.6. The third-order valence-electron chi connectivity index (χ3n) is 2.78. The first-order valence-electron chi connectivity index (χ1n) is 6.40. The monoisotopic (exact) mass is 300 g/mol. The lowest BCUT2D eigenvalue weighted by atomic mass is 10.1. The topological polar surface area (TPSA) is 51.2 Å². The number of sulfone groups is 1. The molecule has 0 bridgehead atoms. The number of carbonyl (C=O) groups is 1. The molecule has 0 amide bonds. The maximum Gasteiger partial charge on any atom is 0.180 e. The van der Waals surface area contributed by atoms with E-state index >= 15 is 0 Å². The minimum Gasteiger partial charge on any atom is -0.300 e. The average Bonchev–Trinajstić information content (AvgIpc) is 2.30. The van der Waals surface area contributed by atoms with Gasteiger partial charge in [-0.3, -0.25) is 4.79 Å². The minimum absolute atomic E-state index is 0. The zero-order valence-electron chi connectivity index (χ0n) is 12.6. The molecule has 0 saturated carbocycles. The summed E-state index contributed by atoms with van der Waals surface area (Å²) in [5, 5.41) is -0.352. The van der Waals surface area contributed by atoms with Crippen LogP contribution in [-0.2, 0) is 14.6 Å². The van der Waals surface area contributed by atoms with Crippen LogP contribution < -0.4 is 0 Å². The van der Waals surface area contributed by atoms with Crippen LogP contribution in [0.25, 0.3) is 0 Å². The summed E-state index contributed by atoms with van der Waals surface area (Å²) in [6, 6.07) is 6.94. The molecule has 0 heterocycles. The van der Waals surface area contributed by atoms with Crippen molar-refractivity contribution in [3.8, 4) is 0 Å². The number of rotatable bonds is 3. The molecule has 1 aromatic carbocycles. The second-order valence-electron chi connectivity index (χ2n) is 5.17. The van der Waals surface area contributed by atoms with Gasteiger partial charge in [-0.2, -0.15) is 0 Å². The highest BCUT2D eigenvalue weighted by Crippen LogP contribution is 2.15. The zero-order valence-corrected chi connectivity index (χ0v) is 13.4. The number of hydrogen-bond donors (Lipinski definition) is 0. The van der Waals surface area contributed by atoms with Gasteiger partial charge < -0.3 is 0 Å². The summed E-state index contributed by atoms with van der Waals surface area (Å²) in [6.07, 6.45) is 0. The standard InChI is InChI=1S/C10H14O2S.C5H10O.CH4/c1-8(2)13(11,12)10-6-4-9(3)5-7-10;1-4(2)5(3)6;/h4-8H,1-3H3;4H,1-3H3;1H4. The molecule has 0 spiro atoms. The van der Waals surface area contributed by atoms with Crippen LogP contribution in [0, 0.1) is 12.8 Å². The van der Waals surface area contributed by atoms with Gasteiger partial charge in [0.25, 0.3) is 0 Å². The molecule has 0 aliphatic rings. The zero-order chi connectivity index (χ0) is 15.2. The Kier molecular flexibility index (Phi) is 9.41. The Labute approximate surface area is 124 Å². The van der Waals surface area contributed by atoms with Gasteiger partial charge in [0, 0.05) is 5.92 Å². The molecule has 0 aromatic heterocycles. The van der Waals surface area contributed by atoms with E-state index in [9.17, 15) is 13.2 Å². The smallest absolute Gasteiger partial charge is 0.180 e. The van der Waals surface area contributed by atoms with Crippen LogP contribution in [0.15, 0.2) is 29.2 Å². The Morgan fingerprint density at radius 1 is 1.00 bits per heavy atom. The lowest BCUT2D eigenvalue weighted by Crippen LogP contribution is -2.13. The fraction of sp³-hybridized carbons (Fsp3) is 0.562. The Bertz CT molecular complexity index is 497. The predicted octanol–water partition coefficient (Wildman–Crippen LogP) is 4.04. The van der Waals surface area contributed by atoms with Gasteiger partial charge in [-0.05, 0) is 39.8 Å². The van der Waals surface area contributed by atoms with Crippen molar-refractivity contribution in [2.45, 2.75) is 59.1 Å². The van der Waals surface area contributed by atoms with Gasteiger partial charge >= 0.3 is 0 Å². The molecule has 0 unspecified atom stereocenters. The summed E-state index contributed by atoms with van der Waals surface area (Å²) < 4.78 is 23.3. The van der Waals surface area contributed by atoms with E-state index in [1.807, 2.05) is 32.9 Å². The largest absolute Gasteiger partial charge is 0.300 e. The van der Waals surface area contributed by atoms with E-state index < -0.39 is 9.84 Å². The average molecular weight is 300 g/mol. The van der Waals surface area contributed by atoms with Crippen molar-refractivity contribution < 1.29 is 13.2 Å². The molecule has 0 N–H and O–H groups in total. The fourth-order valence-corrected chi connectivity index (χ4v) is 2.06. The predicted molar refractivity (Wildman–Crippen MR) is 85.8 cm³/mol. The first kappa shape index (κ1) is 21.1. The molecule has 0 atom stereocenters. The Morgan fingerprint density at radius 2 is 1.35 bits per heavy atom. The van der Waals surface area contributed by atoms with Crippen molar-refractivity contribution in [2.24, 2.45) is 5.92 Å². The lowest BCUT2D eigenvalue weighted by molar-refractivity contribution is -0.119. The number of benzene rings is 1. The summed E-state index contributed by atoms with van der Waals surface area (Å²) >= 11 is 0. The number of hydrogen-bond acceptors (Lipinski definition) is 3. The summed E-state index contributed by atoms with van der Waals surface area (Å²) in [5.74, 6) is 0.472. The highest BCUT2D eigenvalue weighted by atomic mass is 32.2. The quantitative estimate of drug-likeness (QED) is 0.846. The van der Waals surface area contributed by atoms with Gasteiger partial charge in [-0.15, -0.1) is 0 Å². The van der Waals surface area contributed by atoms with E-state index in [0.717, 1.165) is 5.56 Å². The number of Topliss-reactive ketones (excluding diaryl/α,β-unsaturated/α-hetero) is 1. The van der Waals surface area contributed by atoms with Crippen LogP contribution in [0.2, 0.25) is 0 Å². The highest BCUT2D eigenvalue weighted by Gasteiger charge is 2.18. The first-order valence-corrected chi connectivity index (χ1v) is 7.94. The molecule has 1 rings (SSSR count). The van der Waals surface area contributed by atoms with E-state index in [0.29, 0.717) is 4.90 Å². The lowest BCUT2D eigenvalue weighted by Gasteiger charge is -2.07. The summed E-state index contributed by atoms with van der Waals surface area (Å²) in [4.78, 5) is 10.6. The highest BCUT2D eigenvalue weighted by molar-refractivity contribution is 7.92. The van der Waals surface area contributed by atoms with E-state index in [4.69, 9.17) is 0 Å². The van der Waals surface area contributed by atoms with Crippen molar-refractivity contribution in [2.75, 3.05) is 0 Å². The van der Waals surface area contributed by atoms with E-state index in [1.165, 1.54) is 0 Å². The third-order valence-corrected chi connectivity index (χ3v) is 4.95. The summed E-state index contributed by atoms with van der Waals surface area (Å²) in [5.41, 5.74) is 1.07. The van der Waals surface area contributed by atoms with Crippen LogP contribution in [-0.4, -0.2) is 19.5 Å². The molecule has 0 aliphatic carbocycles. The molecule has 116 valence electrons. The molecule has 3 nitrogen and oxygen atoms in total. The van der Waals surface area contributed by atoms with Gasteiger partial charge in [-0.25, -0.2) is 8.42 Å². The minimum atomic E-state index is -3.09. The second kappa shape index (κ2) is 8.90. The second-order valence-corrected chi connectivity index (χ2v) is 7.68. The van der Waals surface area contributed by atoms with Gasteiger partial charge in [0.05, 0.1) is 10.1 Å². The summed E-state index contributed by atoms with van der Waals surface area (Å²) in [6.45, 7) is 10.7. The van der Waals surface area contributed by atoms with Gasteiger partial charge in [-0.1, -0.05) is 39.0 Å². The van der Waals surface area contributed by atoms with E-state index in [2.05, 4.69) is 0 Å². The van der Waals surface area contributed by atoms with E-state index in [-0.39, 0.29) is 24.4 Å². The molecule has 1 aromatic rings. The molecule has 0 aliphatic heterocycles. The molecule has 0 radical (unpaired) electrons. The molecule has 4 heteroatoms. The normalized spacial score (nSPS) is 10.6. The van der Waals surface area contributed by atoms with Crippen LogP contribution >= 0.6 is 0 Å². The Hall–Kier alpha value is -1.16. The van der Waals surface area contributed by atoms with Crippen LogP contribution in [0.4, 0.5) is 0 Å². The molecular formula is C16H28O3S. The van der Waals surface area contributed by atoms with Crippen LogP contribution in [0.1, 0.15) is 47.6 Å². The van der Waals surface area contributed by atoms with Crippen molar-refractivity contribution in [1.29, 1.82) is 0 Å². The van der Waals surface area contributed by atoms with Gasteiger partial charge in [0.15, 0.2) is 9.84 Å².